The third-order valence-electron chi connectivity index (χ3n) is 5.43. The number of aryl methyl sites for hydroxylation is 1. The van der Waals surface area contributed by atoms with Crippen LogP contribution >= 0.6 is 0 Å². The minimum atomic E-state index is -0.0787. The van der Waals surface area contributed by atoms with Crippen molar-refractivity contribution in [3.63, 3.8) is 0 Å². The normalized spacial score (nSPS) is 14.6. The predicted octanol–water partition coefficient (Wildman–Crippen LogP) is 3.05. The molecule has 0 bridgehead atoms. The maximum Gasteiger partial charge on any atom is 0.276 e. The van der Waals surface area contributed by atoms with E-state index in [2.05, 4.69) is 37.3 Å². The van der Waals surface area contributed by atoms with E-state index >= 15 is 0 Å². The lowest BCUT2D eigenvalue weighted by Gasteiger charge is -2.34. The van der Waals surface area contributed by atoms with Crippen LogP contribution in [0.15, 0.2) is 63.9 Å². The molecule has 0 spiro atoms. The van der Waals surface area contributed by atoms with Gasteiger partial charge in [0.25, 0.3) is 11.8 Å². The van der Waals surface area contributed by atoms with Crippen LogP contribution < -0.4 is 0 Å². The summed E-state index contributed by atoms with van der Waals surface area (Å²) in [5, 5.41) is 7.96. The lowest BCUT2D eigenvalue weighted by molar-refractivity contribution is 0.0618. The molecule has 1 fully saturated rings. The van der Waals surface area contributed by atoms with Crippen molar-refractivity contribution in [1.29, 1.82) is 0 Å². The Bertz CT molecular complexity index is 1210. The average molecular weight is 430 g/mol. The Balaban J connectivity index is 1.22. The first kappa shape index (κ1) is 20.1. The zero-order valence-corrected chi connectivity index (χ0v) is 17.6. The third-order valence-corrected chi connectivity index (χ3v) is 5.43. The molecule has 1 amide bonds. The Morgan fingerprint density at radius 2 is 1.84 bits per heavy atom. The van der Waals surface area contributed by atoms with E-state index in [0.29, 0.717) is 36.3 Å². The van der Waals surface area contributed by atoms with E-state index in [4.69, 9.17) is 9.05 Å². The SMILES string of the molecule is Cc1cc(C(=O)N2CCN(Cc3cccc(-c4noc(-c5cccnc5)n4)c3)CC2)no1. The van der Waals surface area contributed by atoms with Gasteiger partial charge in [-0.15, -0.1) is 0 Å². The second kappa shape index (κ2) is 8.72. The van der Waals surface area contributed by atoms with Crippen LogP contribution in [0.1, 0.15) is 21.8 Å². The number of carbonyl (C=O) groups is 1. The van der Waals surface area contributed by atoms with Crippen LogP contribution in [0.2, 0.25) is 0 Å². The molecule has 3 aromatic heterocycles. The molecule has 4 heterocycles. The Hall–Kier alpha value is -3.85. The summed E-state index contributed by atoms with van der Waals surface area (Å²) in [6, 6.07) is 13.5. The molecule has 1 aliphatic rings. The highest BCUT2D eigenvalue weighted by molar-refractivity contribution is 5.92. The van der Waals surface area contributed by atoms with Gasteiger partial charge in [0.05, 0.1) is 5.56 Å². The van der Waals surface area contributed by atoms with E-state index in [0.717, 1.165) is 36.3 Å². The van der Waals surface area contributed by atoms with E-state index in [9.17, 15) is 4.79 Å². The van der Waals surface area contributed by atoms with Gasteiger partial charge in [-0.1, -0.05) is 28.5 Å². The molecule has 1 aromatic carbocycles. The van der Waals surface area contributed by atoms with Crippen molar-refractivity contribution < 1.29 is 13.8 Å². The zero-order chi connectivity index (χ0) is 21.9. The minimum absolute atomic E-state index is 0.0787. The first-order chi connectivity index (χ1) is 15.7. The van der Waals surface area contributed by atoms with E-state index in [1.807, 2.05) is 29.2 Å². The number of amides is 1. The molecule has 0 unspecified atom stereocenters. The Morgan fingerprint density at radius 3 is 2.59 bits per heavy atom. The van der Waals surface area contributed by atoms with Crippen LogP contribution in [0.5, 0.6) is 0 Å². The topological polar surface area (TPSA) is 101 Å². The van der Waals surface area contributed by atoms with Crippen molar-refractivity contribution in [2.24, 2.45) is 0 Å². The van der Waals surface area contributed by atoms with Crippen LogP contribution in [0.4, 0.5) is 0 Å². The molecular formula is C23H22N6O3. The second-order valence-corrected chi connectivity index (χ2v) is 7.76. The van der Waals surface area contributed by atoms with Crippen molar-refractivity contribution in [2.45, 2.75) is 13.5 Å². The largest absolute Gasteiger partial charge is 0.361 e. The molecule has 9 nitrogen and oxygen atoms in total. The Kier molecular flexibility index (Phi) is 5.47. The molecule has 0 atom stereocenters. The van der Waals surface area contributed by atoms with Crippen LogP contribution in [0.25, 0.3) is 22.8 Å². The van der Waals surface area contributed by atoms with Gasteiger partial charge in [-0.05, 0) is 30.7 Å². The molecule has 162 valence electrons. The molecule has 0 aliphatic carbocycles. The molecule has 9 heteroatoms. The van der Waals surface area contributed by atoms with E-state index in [1.165, 1.54) is 0 Å². The Labute approximate surface area is 184 Å². The van der Waals surface area contributed by atoms with Crippen molar-refractivity contribution in [2.75, 3.05) is 26.2 Å². The fraction of sp³-hybridized carbons (Fsp3) is 0.261. The molecule has 1 saturated heterocycles. The lowest BCUT2D eigenvalue weighted by Crippen LogP contribution is -2.48. The van der Waals surface area contributed by atoms with Gasteiger partial charge in [0, 0.05) is 56.7 Å². The molecule has 5 rings (SSSR count). The van der Waals surface area contributed by atoms with Crippen molar-refractivity contribution >= 4 is 5.91 Å². The van der Waals surface area contributed by atoms with Crippen LogP contribution in [0, 0.1) is 6.92 Å². The van der Waals surface area contributed by atoms with Gasteiger partial charge in [-0.25, -0.2) is 0 Å². The molecule has 4 aromatic rings. The van der Waals surface area contributed by atoms with Gasteiger partial charge in [0.1, 0.15) is 5.76 Å². The van der Waals surface area contributed by atoms with Crippen molar-refractivity contribution in [1.82, 2.24) is 30.1 Å². The molecule has 0 N–H and O–H groups in total. The van der Waals surface area contributed by atoms with Gasteiger partial charge in [0.15, 0.2) is 5.69 Å². The molecule has 1 aliphatic heterocycles. The van der Waals surface area contributed by atoms with Crippen molar-refractivity contribution in [3.8, 4) is 22.8 Å². The van der Waals surface area contributed by atoms with Crippen LogP contribution in [0.3, 0.4) is 0 Å². The number of pyridine rings is 1. The molecular weight excluding hydrogens is 408 g/mol. The smallest absolute Gasteiger partial charge is 0.276 e. The standard InChI is InChI=1S/C23H22N6O3/c1-16-12-20(26-31-16)23(30)29-10-8-28(9-11-29)15-17-4-2-5-18(13-17)21-25-22(32-27-21)19-6-3-7-24-14-19/h2-7,12-14H,8-11,15H2,1H3. The fourth-order valence-corrected chi connectivity index (χ4v) is 3.75. The number of nitrogens with zero attached hydrogens (tertiary/aromatic N) is 6. The summed E-state index contributed by atoms with van der Waals surface area (Å²) in [4.78, 5) is 25.3. The van der Waals surface area contributed by atoms with Gasteiger partial charge in [-0.3, -0.25) is 14.7 Å². The highest BCUT2D eigenvalue weighted by atomic mass is 16.5. The molecule has 0 radical (unpaired) electrons. The van der Waals surface area contributed by atoms with Crippen LogP contribution in [-0.2, 0) is 6.54 Å². The second-order valence-electron chi connectivity index (χ2n) is 7.76. The monoisotopic (exact) mass is 430 g/mol. The highest BCUT2D eigenvalue weighted by Crippen LogP contribution is 2.23. The van der Waals surface area contributed by atoms with E-state index in [1.54, 1.807) is 25.4 Å². The lowest BCUT2D eigenvalue weighted by atomic mass is 10.1. The summed E-state index contributed by atoms with van der Waals surface area (Å²) in [6.45, 7) is 5.46. The third kappa shape index (κ3) is 4.28. The molecule has 0 saturated carbocycles. The van der Waals surface area contributed by atoms with Crippen LogP contribution in [-0.4, -0.2) is 62.2 Å². The number of rotatable bonds is 5. The number of piperazine rings is 1. The maximum absolute atomic E-state index is 12.5. The first-order valence-corrected chi connectivity index (χ1v) is 10.4. The zero-order valence-electron chi connectivity index (χ0n) is 17.6. The summed E-state index contributed by atoms with van der Waals surface area (Å²) in [5.41, 5.74) is 3.21. The Morgan fingerprint density at radius 1 is 1.00 bits per heavy atom. The van der Waals surface area contributed by atoms with E-state index in [-0.39, 0.29) is 5.91 Å². The number of carbonyl (C=O) groups excluding carboxylic acids is 1. The van der Waals surface area contributed by atoms with Crippen molar-refractivity contribution in [3.05, 3.63) is 71.9 Å². The van der Waals surface area contributed by atoms with Gasteiger partial charge in [-0.2, -0.15) is 4.98 Å². The van der Waals surface area contributed by atoms with Gasteiger partial charge >= 0.3 is 0 Å². The number of hydrogen-bond acceptors (Lipinski definition) is 8. The minimum Gasteiger partial charge on any atom is -0.361 e. The van der Waals surface area contributed by atoms with E-state index < -0.39 is 0 Å². The molecule has 32 heavy (non-hydrogen) atoms. The summed E-state index contributed by atoms with van der Waals surface area (Å²) in [7, 11) is 0. The predicted molar refractivity (Wildman–Crippen MR) is 115 cm³/mol. The van der Waals surface area contributed by atoms with Gasteiger partial charge < -0.3 is 13.9 Å². The number of benzene rings is 1. The average Bonchev–Trinajstić information content (AvgIpc) is 3.50. The van der Waals surface area contributed by atoms with Gasteiger partial charge in [0.2, 0.25) is 5.82 Å². The summed E-state index contributed by atoms with van der Waals surface area (Å²) >= 11 is 0. The quantitative estimate of drug-likeness (QED) is 0.476. The summed E-state index contributed by atoms with van der Waals surface area (Å²) < 4.78 is 10.4. The fourth-order valence-electron chi connectivity index (χ4n) is 3.75. The number of aromatic nitrogens is 4. The summed E-state index contributed by atoms with van der Waals surface area (Å²) in [5.74, 6) is 1.55. The first-order valence-electron chi connectivity index (χ1n) is 10.4. The highest BCUT2D eigenvalue weighted by Gasteiger charge is 2.24. The number of hydrogen-bond donors (Lipinski definition) is 0. The maximum atomic E-state index is 12.5. The summed E-state index contributed by atoms with van der Waals surface area (Å²) in [6.07, 6.45) is 3.40.